The van der Waals surface area contributed by atoms with E-state index in [0.29, 0.717) is 12.0 Å². The first-order valence-corrected chi connectivity index (χ1v) is 6.68. The van der Waals surface area contributed by atoms with Gasteiger partial charge in [0.05, 0.1) is 0 Å². The highest BCUT2D eigenvalue weighted by Crippen LogP contribution is 2.36. The summed E-state index contributed by atoms with van der Waals surface area (Å²) in [6, 6.07) is 20.3. The Bertz CT molecular complexity index is 518. The van der Waals surface area contributed by atoms with Gasteiger partial charge in [-0.25, -0.2) is 0 Å². The quantitative estimate of drug-likeness (QED) is 0.844. The lowest BCUT2D eigenvalue weighted by molar-refractivity contribution is 0.465. The molecule has 18 heavy (non-hydrogen) atoms. The molecular weight excluding hydrogens is 218 g/mol. The molecule has 0 fully saturated rings. The Kier molecular flexibility index (Phi) is 3.16. The van der Waals surface area contributed by atoms with Crippen molar-refractivity contribution in [2.24, 2.45) is 0 Å². The molecule has 2 atom stereocenters. The minimum atomic E-state index is 0.536. The predicted octanol–water partition coefficient (Wildman–Crippen LogP) is 3.35. The van der Waals surface area contributed by atoms with E-state index in [9.17, 15) is 0 Å². The molecule has 1 nitrogen and oxygen atoms in total. The Morgan fingerprint density at radius 3 is 2.44 bits per heavy atom. The second kappa shape index (κ2) is 4.95. The van der Waals surface area contributed by atoms with Gasteiger partial charge in [-0.05, 0) is 36.6 Å². The van der Waals surface area contributed by atoms with E-state index < -0.39 is 0 Å². The maximum atomic E-state index is 3.44. The van der Waals surface area contributed by atoms with Gasteiger partial charge in [0, 0.05) is 12.0 Å². The van der Waals surface area contributed by atoms with Crippen molar-refractivity contribution in [3.05, 3.63) is 71.3 Å². The van der Waals surface area contributed by atoms with Crippen LogP contribution in [0.15, 0.2) is 54.6 Å². The van der Waals surface area contributed by atoms with E-state index in [1.54, 1.807) is 0 Å². The van der Waals surface area contributed by atoms with Crippen LogP contribution >= 0.6 is 0 Å². The van der Waals surface area contributed by atoms with Crippen molar-refractivity contribution in [3.63, 3.8) is 0 Å². The summed E-state index contributed by atoms with van der Waals surface area (Å²) in [7, 11) is 2.07. The fourth-order valence-electron chi connectivity index (χ4n) is 3.04. The van der Waals surface area contributed by atoms with Gasteiger partial charge in [-0.2, -0.15) is 0 Å². The molecule has 2 aromatic rings. The van der Waals surface area contributed by atoms with Crippen molar-refractivity contribution in [1.29, 1.82) is 0 Å². The molecule has 3 rings (SSSR count). The van der Waals surface area contributed by atoms with Crippen LogP contribution in [0.5, 0.6) is 0 Å². The van der Waals surface area contributed by atoms with Crippen LogP contribution < -0.4 is 5.32 Å². The molecule has 1 N–H and O–H groups in total. The van der Waals surface area contributed by atoms with Crippen molar-refractivity contribution in [2.45, 2.75) is 24.8 Å². The molecule has 0 aromatic heterocycles. The molecule has 92 valence electrons. The smallest absolute Gasteiger partial charge is 0.0114 e. The Morgan fingerprint density at radius 1 is 0.944 bits per heavy atom. The first kappa shape index (κ1) is 11.5. The van der Waals surface area contributed by atoms with Gasteiger partial charge in [-0.3, -0.25) is 0 Å². The lowest BCUT2D eigenvalue weighted by Gasteiger charge is -2.31. The first-order valence-electron chi connectivity index (χ1n) is 6.68. The molecule has 0 saturated heterocycles. The third kappa shape index (κ3) is 2.06. The van der Waals surface area contributed by atoms with Gasteiger partial charge in [0.25, 0.3) is 0 Å². The molecule has 0 radical (unpaired) electrons. The van der Waals surface area contributed by atoms with Gasteiger partial charge >= 0.3 is 0 Å². The van der Waals surface area contributed by atoms with Crippen LogP contribution in [0.2, 0.25) is 0 Å². The summed E-state index contributed by atoms with van der Waals surface area (Å²) in [5, 5.41) is 3.44. The monoisotopic (exact) mass is 237 g/mol. The molecule has 0 aliphatic heterocycles. The molecule has 0 unspecified atom stereocenters. The Morgan fingerprint density at radius 2 is 1.67 bits per heavy atom. The summed E-state index contributed by atoms with van der Waals surface area (Å²) in [5.74, 6) is 0.536. The van der Waals surface area contributed by atoms with Crippen LogP contribution in [0.1, 0.15) is 29.0 Å². The average Bonchev–Trinajstić information content (AvgIpc) is 2.47. The normalized spacial score (nSPS) is 22.5. The van der Waals surface area contributed by atoms with Crippen LogP contribution in [0.25, 0.3) is 0 Å². The molecule has 2 aromatic carbocycles. The average molecular weight is 237 g/mol. The number of likely N-dealkylation sites (N-methyl/N-ethyl adjacent to an activating group) is 1. The number of hydrogen-bond acceptors (Lipinski definition) is 1. The van der Waals surface area contributed by atoms with E-state index >= 15 is 0 Å². The Balaban J connectivity index is 2.04. The third-order valence-electron chi connectivity index (χ3n) is 4.03. The fourth-order valence-corrected chi connectivity index (χ4v) is 3.04. The lowest BCUT2D eigenvalue weighted by Crippen LogP contribution is -2.33. The van der Waals surface area contributed by atoms with Crippen LogP contribution in [-0.2, 0) is 6.42 Å². The molecular formula is C17H19N. The van der Waals surface area contributed by atoms with Crippen LogP contribution in [0, 0.1) is 0 Å². The summed E-state index contributed by atoms with van der Waals surface area (Å²) < 4.78 is 0. The summed E-state index contributed by atoms with van der Waals surface area (Å²) >= 11 is 0. The van der Waals surface area contributed by atoms with Gasteiger partial charge in [0.15, 0.2) is 0 Å². The molecule has 0 saturated carbocycles. The zero-order chi connectivity index (χ0) is 12.4. The van der Waals surface area contributed by atoms with E-state index in [0.717, 1.165) is 6.42 Å². The SMILES string of the molecule is CN[C@@H]1Cc2ccccc2[C@@H](c2ccccc2)C1. The minimum absolute atomic E-state index is 0.536. The fraction of sp³-hybridized carbons (Fsp3) is 0.294. The summed E-state index contributed by atoms with van der Waals surface area (Å²) in [5.41, 5.74) is 4.44. The van der Waals surface area contributed by atoms with E-state index in [1.165, 1.54) is 23.1 Å². The van der Waals surface area contributed by atoms with E-state index in [4.69, 9.17) is 0 Å². The van der Waals surface area contributed by atoms with Gasteiger partial charge < -0.3 is 5.32 Å². The lowest BCUT2D eigenvalue weighted by atomic mass is 9.77. The molecule has 1 aliphatic carbocycles. The van der Waals surface area contributed by atoms with Crippen LogP contribution in [0.4, 0.5) is 0 Å². The molecule has 1 aliphatic rings. The van der Waals surface area contributed by atoms with Crippen molar-refractivity contribution in [3.8, 4) is 0 Å². The number of nitrogens with one attached hydrogen (secondary N) is 1. The maximum Gasteiger partial charge on any atom is 0.0114 e. The van der Waals surface area contributed by atoms with Crippen molar-refractivity contribution < 1.29 is 0 Å². The standard InChI is InChI=1S/C17H19N/c1-18-15-11-14-9-5-6-10-16(14)17(12-15)13-7-3-2-4-8-13/h2-10,15,17-18H,11-12H2,1H3/t15-,17-/m1/s1. The number of benzene rings is 2. The maximum absolute atomic E-state index is 3.44. The highest BCUT2D eigenvalue weighted by atomic mass is 14.9. The zero-order valence-corrected chi connectivity index (χ0v) is 10.8. The van der Waals surface area contributed by atoms with Gasteiger partial charge in [-0.1, -0.05) is 54.6 Å². The Hall–Kier alpha value is -1.60. The van der Waals surface area contributed by atoms with E-state index in [2.05, 4.69) is 67.0 Å². The van der Waals surface area contributed by atoms with Crippen LogP contribution in [0.3, 0.4) is 0 Å². The minimum Gasteiger partial charge on any atom is -0.317 e. The highest BCUT2D eigenvalue weighted by Gasteiger charge is 2.26. The van der Waals surface area contributed by atoms with E-state index in [1.807, 2.05) is 0 Å². The number of fused-ring (bicyclic) bond motifs is 1. The highest BCUT2D eigenvalue weighted by molar-refractivity contribution is 5.40. The zero-order valence-electron chi connectivity index (χ0n) is 10.8. The van der Waals surface area contributed by atoms with Gasteiger partial charge in [0.1, 0.15) is 0 Å². The summed E-state index contributed by atoms with van der Waals surface area (Å²) in [4.78, 5) is 0. The van der Waals surface area contributed by atoms with Crippen molar-refractivity contribution in [1.82, 2.24) is 5.32 Å². The topological polar surface area (TPSA) is 12.0 Å². The molecule has 0 bridgehead atoms. The molecule has 0 amide bonds. The van der Waals surface area contributed by atoms with E-state index in [-0.39, 0.29) is 0 Å². The van der Waals surface area contributed by atoms with Crippen molar-refractivity contribution >= 4 is 0 Å². The number of hydrogen-bond donors (Lipinski definition) is 1. The largest absolute Gasteiger partial charge is 0.317 e. The molecule has 0 heterocycles. The second-order valence-corrected chi connectivity index (χ2v) is 5.09. The number of rotatable bonds is 2. The predicted molar refractivity (Wildman–Crippen MR) is 75.9 cm³/mol. The third-order valence-corrected chi connectivity index (χ3v) is 4.03. The Labute approximate surface area is 109 Å². The summed E-state index contributed by atoms with van der Waals surface area (Å²) in [6.07, 6.45) is 2.34. The first-order chi connectivity index (χ1) is 8.88. The van der Waals surface area contributed by atoms with Gasteiger partial charge in [-0.15, -0.1) is 0 Å². The van der Waals surface area contributed by atoms with Gasteiger partial charge in [0.2, 0.25) is 0 Å². The second-order valence-electron chi connectivity index (χ2n) is 5.09. The van der Waals surface area contributed by atoms with Crippen LogP contribution in [-0.4, -0.2) is 13.1 Å². The summed E-state index contributed by atoms with van der Waals surface area (Å²) in [6.45, 7) is 0. The molecule has 0 spiro atoms. The molecule has 1 heteroatoms. The van der Waals surface area contributed by atoms with Crippen molar-refractivity contribution in [2.75, 3.05) is 7.05 Å².